The van der Waals surface area contributed by atoms with E-state index in [4.69, 9.17) is 37.8 Å². The third kappa shape index (κ3) is 13.6. The molecule has 0 aromatic carbocycles. The lowest BCUT2D eigenvalue weighted by atomic mass is 10.1. The van der Waals surface area contributed by atoms with Crippen LogP contribution in [0.1, 0.15) is 97.1 Å². The third-order valence-electron chi connectivity index (χ3n) is 5.56. The van der Waals surface area contributed by atoms with Crippen LogP contribution in [0.15, 0.2) is 0 Å². The van der Waals surface area contributed by atoms with Crippen LogP contribution < -0.4 is 0 Å². The Morgan fingerprint density at radius 2 is 1.56 bits per heavy atom. The number of tetrazole rings is 2. The molecule has 1 aliphatic heterocycles. The number of alkyl halides is 5. The highest BCUT2D eigenvalue weighted by atomic mass is 35.5. The van der Waals surface area contributed by atoms with Crippen molar-refractivity contribution < 1.29 is 32.6 Å². The monoisotopic (exact) mass is 631 g/mol. The van der Waals surface area contributed by atoms with Crippen molar-refractivity contribution in [2.75, 3.05) is 18.4 Å². The maximum Gasteiger partial charge on any atom is 0.490 e. The van der Waals surface area contributed by atoms with E-state index in [1.165, 1.54) is 25.7 Å². The van der Waals surface area contributed by atoms with Gasteiger partial charge in [-0.15, -0.1) is 43.6 Å². The fraction of sp³-hybridized carbons (Fsp3) is 0.826. The molecule has 2 fully saturated rings. The standard InChI is InChI=1S/C10H17N5O2.C10H18N4.C2HF3O2.CH2Cl2/c1-10(2,3)17-9(16)15-5-4-7(6-15)8-11-13-14-12-8;1-10(2,3)14-12-9(11-13-14)8-6-4-5-7-8;3-2(4,5)1(6)7;2-1-3/h7H,4-6H2,1-3H3,(H,11,12,13,14);8H,4-7H2,1-3H3;(H,6,7);1H2/t7-;;;/m1.../s1. The molecule has 13 nitrogen and oxygen atoms in total. The van der Waals surface area contributed by atoms with Crippen LogP contribution in [-0.2, 0) is 15.1 Å². The van der Waals surface area contributed by atoms with Crippen LogP contribution in [-0.4, -0.2) is 93.1 Å². The second-order valence-corrected chi connectivity index (χ2v) is 12.0. The Morgan fingerprint density at radius 1 is 1.00 bits per heavy atom. The quantitative estimate of drug-likeness (QED) is 0.428. The molecule has 0 unspecified atom stereocenters. The molecule has 2 aromatic rings. The van der Waals surface area contributed by atoms with E-state index in [0.29, 0.717) is 24.8 Å². The summed E-state index contributed by atoms with van der Waals surface area (Å²) in [6, 6.07) is 0. The van der Waals surface area contributed by atoms with Crippen LogP contribution in [0.4, 0.5) is 18.0 Å². The minimum absolute atomic E-state index is 0.0517. The van der Waals surface area contributed by atoms with Crippen molar-refractivity contribution in [1.29, 1.82) is 0 Å². The van der Waals surface area contributed by atoms with E-state index in [9.17, 15) is 18.0 Å². The Kier molecular flexibility index (Phi) is 14.2. The number of carboxylic acid groups (broad SMARTS) is 1. The summed E-state index contributed by atoms with van der Waals surface area (Å²) in [6.07, 6.45) is 0.581. The largest absolute Gasteiger partial charge is 0.490 e. The highest BCUT2D eigenvalue weighted by Gasteiger charge is 2.38. The number of ether oxygens (including phenoxy) is 1. The highest BCUT2D eigenvalue weighted by molar-refractivity contribution is 6.40. The number of hydrogen-bond acceptors (Lipinski definition) is 9. The van der Waals surface area contributed by atoms with Crippen molar-refractivity contribution in [2.24, 2.45) is 0 Å². The van der Waals surface area contributed by atoms with Gasteiger partial charge in [0, 0.05) is 24.9 Å². The SMILES string of the molecule is CC(C)(C)OC(=O)N1CC[C@@H](c2nn[nH]n2)C1.CC(C)(C)n1nnc(C2CCCC2)n1.ClCCl.O=C(O)C(F)(F)F. The highest BCUT2D eigenvalue weighted by Crippen LogP contribution is 2.32. The average Bonchev–Trinajstić information content (AvgIpc) is 3.65. The van der Waals surface area contributed by atoms with Crippen molar-refractivity contribution in [3.05, 3.63) is 11.6 Å². The molecule has 2 aliphatic rings. The van der Waals surface area contributed by atoms with Gasteiger partial charge >= 0.3 is 18.2 Å². The number of carbonyl (C=O) groups excluding carboxylic acids is 1. The average molecular weight is 633 g/mol. The minimum Gasteiger partial charge on any atom is -0.475 e. The van der Waals surface area contributed by atoms with E-state index in [1.54, 1.807) is 9.70 Å². The molecule has 1 saturated carbocycles. The molecule has 2 N–H and O–H groups in total. The number of carboxylic acids is 1. The Hall–Kier alpha value is -2.75. The van der Waals surface area contributed by atoms with Crippen LogP contribution >= 0.6 is 23.2 Å². The number of likely N-dealkylation sites (tertiary alicyclic amines) is 1. The zero-order valence-electron chi connectivity index (χ0n) is 24.0. The lowest BCUT2D eigenvalue weighted by Gasteiger charge is -2.24. The summed E-state index contributed by atoms with van der Waals surface area (Å²) in [7, 11) is 0. The lowest BCUT2D eigenvalue weighted by molar-refractivity contribution is -0.192. The first-order valence-corrected chi connectivity index (χ1v) is 13.9. The second kappa shape index (κ2) is 16.0. The first kappa shape index (κ1) is 36.3. The maximum absolute atomic E-state index is 11.8. The predicted octanol–water partition coefficient (Wildman–Crippen LogP) is 5.06. The molecule has 1 saturated heterocycles. The summed E-state index contributed by atoms with van der Waals surface area (Å²) in [5.74, 6) is -0.437. The summed E-state index contributed by atoms with van der Waals surface area (Å²) >= 11 is 9.53. The molecule has 18 heteroatoms. The molecular weight excluding hydrogens is 594 g/mol. The molecule has 41 heavy (non-hydrogen) atoms. The summed E-state index contributed by atoms with van der Waals surface area (Å²) in [6.45, 7) is 13.1. The first-order chi connectivity index (χ1) is 18.9. The molecule has 1 aliphatic carbocycles. The van der Waals surface area contributed by atoms with Crippen molar-refractivity contribution in [1.82, 2.24) is 45.7 Å². The number of amides is 1. The van der Waals surface area contributed by atoms with Crippen molar-refractivity contribution in [2.45, 2.75) is 103 Å². The number of carbonyl (C=O) groups is 2. The van der Waals surface area contributed by atoms with Gasteiger partial charge in [0.25, 0.3) is 0 Å². The number of rotatable bonds is 2. The Morgan fingerprint density at radius 3 is 1.98 bits per heavy atom. The van der Waals surface area contributed by atoms with Gasteiger partial charge in [0.05, 0.1) is 10.9 Å². The Labute approximate surface area is 246 Å². The molecule has 0 radical (unpaired) electrons. The summed E-state index contributed by atoms with van der Waals surface area (Å²) in [5, 5.41) is 33.9. The van der Waals surface area contributed by atoms with Gasteiger partial charge in [-0.05, 0) is 66.0 Å². The normalized spacial score (nSPS) is 17.4. The molecular formula is C23H38Cl2F3N9O4. The molecule has 1 atom stereocenters. The Balaban J connectivity index is 0.000000315. The van der Waals surface area contributed by atoms with Crippen LogP contribution in [0.2, 0.25) is 0 Å². The minimum atomic E-state index is -5.08. The van der Waals surface area contributed by atoms with Gasteiger partial charge in [-0.2, -0.15) is 23.2 Å². The number of hydrogen-bond donors (Lipinski definition) is 2. The van der Waals surface area contributed by atoms with E-state index in [1.807, 2.05) is 20.8 Å². The zero-order chi connectivity index (χ0) is 31.4. The summed E-state index contributed by atoms with van der Waals surface area (Å²) in [5.41, 5.74) is -0.509. The number of aromatic nitrogens is 8. The zero-order valence-corrected chi connectivity index (χ0v) is 25.5. The van der Waals surface area contributed by atoms with Gasteiger partial charge in [0.1, 0.15) is 5.60 Å². The Bertz CT molecular complexity index is 1050. The molecule has 1 amide bonds. The van der Waals surface area contributed by atoms with E-state index in [-0.39, 0.29) is 22.9 Å². The predicted molar refractivity (Wildman–Crippen MR) is 144 cm³/mol. The number of aromatic amines is 1. The number of nitrogens with one attached hydrogen (secondary N) is 1. The third-order valence-corrected chi connectivity index (χ3v) is 5.56. The van der Waals surface area contributed by atoms with Crippen LogP contribution in [0.3, 0.4) is 0 Å². The lowest BCUT2D eigenvalue weighted by Crippen LogP contribution is -2.35. The second-order valence-electron chi connectivity index (χ2n) is 11.2. The van der Waals surface area contributed by atoms with Crippen LogP contribution in [0, 0.1) is 0 Å². The van der Waals surface area contributed by atoms with Crippen molar-refractivity contribution in [3.8, 4) is 0 Å². The molecule has 0 bridgehead atoms. The summed E-state index contributed by atoms with van der Waals surface area (Å²) in [4.78, 5) is 24.1. The fourth-order valence-electron chi connectivity index (χ4n) is 3.66. The van der Waals surface area contributed by atoms with E-state index >= 15 is 0 Å². The van der Waals surface area contributed by atoms with Gasteiger partial charge in [-0.1, -0.05) is 18.1 Å². The number of halogens is 5. The molecule has 3 heterocycles. The van der Waals surface area contributed by atoms with Crippen molar-refractivity contribution >= 4 is 35.3 Å². The van der Waals surface area contributed by atoms with E-state index in [0.717, 1.165) is 12.2 Å². The number of H-pyrrole nitrogens is 1. The van der Waals surface area contributed by atoms with Gasteiger partial charge in [-0.25, -0.2) is 9.59 Å². The number of nitrogens with zero attached hydrogens (tertiary/aromatic N) is 8. The van der Waals surface area contributed by atoms with Gasteiger partial charge in [-0.3, -0.25) is 0 Å². The van der Waals surface area contributed by atoms with Crippen LogP contribution in [0.5, 0.6) is 0 Å². The maximum atomic E-state index is 11.8. The molecule has 0 spiro atoms. The number of aliphatic carboxylic acids is 1. The van der Waals surface area contributed by atoms with Gasteiger partial charge in [0.15, 0.2) is 11.6 Å². The smallest absolute Gasteiger partial charge is 0.475 e. The van der Waals surface area contributed by atoms with Crippen molar-refractivity contribution in [3.63, 3.8) is 0 Å². The molecule has 4 rings (SSSR count). The fourth-order valence-corrected chi connectivity index (χ4v) is 3.66. The van der Waals surface area contributed by atoms with Gasteiger partial charge in [0.2, 0.25) is 0 Å². The van der Waals surface area contributed by atoms with Crippen LogP contribution in [0.25, 0.3) is 0 Å². The van der Waals surface area contributed by atoms with E-state index in [2.05, 4.69) is 56.8 Å². The topological polar surface area (TPSA) is 165 Å². The molecule has 2 aromatic heterocycles. The van der Waals surface area contributed by atoms with E-state index < -0.39 is 17.7 Å². The van der Waals surface area contributed by atoms with Gasteiger partial charge < -0.3 is 14.7 Å². The molecule has 234 valence electrons. The summed E-state index contributed by atoms with van der Waals surface area (Å²) < 4.78 is 37.0. The first-order valence-electron chi connectivity index (χ1n) is 12.8.